The minimum atomic E-state index is -3.03. The van der Waals surface area contributed by atoms with Gasteiger partial charge in [-0.25, -0.2) is 8.42 Å². The van der Waals surface area contributed by atoms with Gasteiger partial charge in [-0.3, -0.25) is 4.79 Å². The zero-order valence-electron chi connectivity index (χ0n) is 13.2. The predicted molar refractivity (Wildman–Crippen MR) is 93.5 cm³/mol. The zero-order chi connectivity index (χ0) is 15.8. The van der Waals surface area contributed by atoms with Crippen molar-refractivity contribution in [3.63, 3.8) is 0 Å². The third-order valence-corrected chi connectivity index (χ3v) is 5.61. The molecule has 7 heteroatoms. The van der Waals surface area contributed by atoms with Crippen molar-refractivity contribution in [2.24, 2.45) is 11.3 Å². The van der Waals surface area contributed by atoms with Gasteiger partial charge in [0.25, 0.3) is 0 Å². The van der Waals surface area contributed by atoms with Crippen LogP contribution in [0, 0.1) is 11.3 Å². The molecule has 1 atom stereocenters. The smallest absolute Gasteiger partial charge is 0.228 e. The first kappa shape index (κ1) is 18.2. The van der Waals surface area contributed by atoms with Crippen LogP contribution < -0.4 is 10.6 Å². The average molecular weight is 359 g/mol. The summed E-state index contributed by atoms with van der Waals surface area (Å²) < 4.78 is 22.5. The number of hydrogen-bond acceptors (Lipinski definition) is 4. The molecule has 2 fully saturated rings. The highest BCUT2D eigenvalue weighted by atomic mass is 35.5. The molecule has 1 spiro atoms. The molecule has 1 aromatic rings. The van der Waals surface area contributed by atoms with Crippen molar-refractivity contribution in [3.8, 4) is 0 Å². The Bertz CT molecular complexity index is 667. The van der Waals surface area contributed by atoms with Crippen LogP contribution >= 0.6 is 12.4 Å². The number of nitrogens with one attached hydrogen (secondary N) is 2. The highest BCUT2D eigenvalue weighted by Crippen LogP contribution is 2.58. The minimum absolute atomic E-state index is 0. The quantitative estimate of drug-likeness (QED) is 0.863. The second-order valence-corrected chi connectivity index (χ2v) is 8.77. The number of amides is 1. The monoisotopic (exact) mass is 358 g/mol. The Kier molecular flexibility index (Phi) is 5.38. The summed E-state index contributed by atoms with van der Waals surface area (Å²) in [5.41, 5.74) is 1.70. The molecule has 1 aliphatic heterocycles. The molecule has 1 saturated heterocycles. The van der Waals surface area contributed by atoms with Crippen molar-refractivity contribution >= 4 is 33.8 Å². The van der Waals surface area contributed by atoms with Gasteiger partial charge in [-0.15, -0.1) is 12.4 Å². The number of halogens is 1. The van der Waals surface area contributed by atoms with Crippen molar-refractivity contribution in [3.05, 3.63) is 29.8 Å². The molecule has 1 aromatic carbocycles. The van der Waals surface area contributed by atoms with E-state index in [1.807, 2.05) is 0 Å². The molecule has 0 radical (unpaired) electrons. The Hall–Kier alpha value is -1.11. The second kappa shape index (κ2) is 6.79. The fourth-order valence-electron chi connectivity index (χ4n) is 3.41. The molecule has 5 nitrogen and oxygen atoms in total. The molecule has 128 valence electrons. The van der Waals surface area contributed by atoms with Gasteiger partial charge in [-0.2, -0.15) is 0 Å². The van der Waals surface area contributed by atoms with Crippen LogP contribution in [0.3, 0.4) is 0 Å². The fraction of sp³-hybridized carbons (Fsp3) is 0.562. The summed E-state index contributed by atoms with van der Waals surface area (Å²) in [6, 6.07) is 7.06. The molecule has 1 unspecified atom stereocenters. The number of anilines is 1. The van der Waals surface area contributed by atoms with E-state index in [1.165, 1.54) is 6.26 Å². The van der Waals surface area contributed by atoms with Crippen LogP contribution in [0.5, 0.6) is 0 Å². The van der Waals surface area contributed by atoms with Gasteiger partial charge in [0.05, 0.1) is 5.75 Å². The van der Waals surface area contributed by atoms with Crippen LogP contribution in [-0.2, 0) is 20.4 Å². The number of carbonyl (C=O) groups excluding carboxylic acids is 1. The number of rotatable bonds is 4. The lowest BCUT2D eigenvalue weighted by Crippen LogP contribution is -2.31. The zero-order valence-corrected chi connectivity index (χ0v) is 14.8. The molecule has 0 bridgehead atoms. The number of carbonyl (C=O) groups is 1. The van der Waals surface area contributed by atoms with Crippen molar-refractivity contribution in [2.75, 3.05) is 24.7 Å². The van der Waals surface area contributed by atoms with Crippen LogP contribution in [-0.4, -0.2) is 33.7 Å². The van der Waals surface area contributed by atoms with Crippen LogP contribution in [0.15, 0.2) is 24.3 Å². The van der Waals surface area contributed by atoms with Crippen molar-refractivity contribution < 1.29 is 13.2 Å². The maximum atomic E-state index is 12.3. The summed E-state index contributed by atoms with van der Waals surface area (Å²) in [7, 11) is -3.03. The fourth-order valence-corrected chi connectivity index (χ4v) is 4.21. The lowest BCUT2D eigenvalue weighted by molar-refractivity contribution is -0.118. The van der Waals surface area contributed by atoms with E-state index >= 15 is 0 Å². The standard InChI is InChI=1S/C16H22N2O3S.ClH/c1-22(20,21)11-12-2-4-13(5-3-12)18-15(19)14-10-16(14)6-8-17-9-7-16;/h2-5,14,17H,6-11H2,1H3,(H,18,19);1H. The largest absolute Gasteiger partial charge is 0.326 e. The summed E-state index contributed by atoms with van der Waals surface area (Å²) in [5.74, 6) is 0.253. The molecule has 1 aliphatic carbocycles. The van der Waals surface area contributed by atoms with Crippen molar-refractivity contribution in [2.45, 2.75) is 25.0 Å². The van der Waals surface area contributed by atoms with Gasteiger partial charge >= 0.3 is 0 Å². The van der Waals surface area contributed by atoms with Crippen LogP contribution in [0.25, 0.3) is 0 Å². The van der Waals surface area contributed by atoms with Gasteiger partial charge in [-0.1, -0.05) is 12.1 Å². The van der Waals surface area contributed by atoms with E-state index in [9.17, 15) is 13.2 Å². The Morgan fingerprint density at radius 1 is 1.26 bits per heavy atom. The summed E-state index contributed by atoms with van der Waals surface area (Å²) in [4.78, 5) is 12.3. The van der Waals surface area contributed by atoms with Gasteiger partial charge in [-0.05, 0) is 55.5 Å². The van der Waals surface area contributed by atoms with Gasteiger partial charge in [0.2, 0.25) is 5.91 Å². The summed E-state index contributed by atoms with van der Waals surface area (Å²) in [5, 5.41) is 6.29. The van der Waals surface area contributed by atoms with E-state index in [1.54, 1.807) is 24.3 Å². The average Bonchev–Trinajstić information content (AvgIpc) is 3.14. The summed E-state index contributed by atoms with van der Waals surface area (Å²) in [6.45, 7) is 2.01. The summed E-state index contributed by atoms with van der Waals surface area (Å²) in [6.07, 6.45) is 4.37. The van der Waals surface area contributed by atoms with Gasteiger partial charge in [0.15, 0.2) is 9.84 Å². The van der Waals surface area contributed by atoms with Gasteiger partial charge in [0, 0.05) is 17.9 Å². The first-order valence-corrected chi connectivity index (χ1v) is 9.72. The third-order valence-electron chi connectivity index (χ3n) is 4.76. The highest BCUT2D eigenvalue weighted by molar-refractivity contribution is 7.89. The van der Waals surface area contributed by atoms with E-state index in [4.69, 9.17) is 0 Å². The Morgan fingerprint density at radius 3 is 2.43 bits per heavy atom. The van der Waals surface area contributed by atoms with Gasteiger partial charge in [0.1, 0.15) is 0 Å². The SMILES string of the molecule is CS(=O)(=O)Cc1ccc(NC(=O)C2CC23CCNCC3)cc1.Cl. The van der Waals surface area contributed by atoms with E-state index in [0.717, 1.165) is 43.6 Å². The molecule has 3 rings (SSSR count). The van der Waals surface area contributed by atoms with Gasteiger partial charge < -0.3 is 10.6 Å². The molecule has 1 saturated carbocycles. The maximum absolute atomic E-state index is 12.3. The number of piperidine rings is 1. The van der Waals surface area contributed by atoms with Crippen LogP contribution in [0.4, 0.5) is 5.69 Å². The third kappa shape index (κ3) is 4.46. The molecule has 1 heterocycles. The van der Waals surface area contributed by atoms with E-state index < -0.39 is 9.84 Å². The van der Waals surface area contributed by atoms with Crippen LogP contribution in [0.2, 0.25) is 0 Å². The molecular weight excluding hydrogens is 336 g/mol. The Balaban J connectivity index is 0.00000192. The van der Waals surface area contributed by atoms with Crippen LogP contribution in [0.1, 0.15) is 24.8 Å². The molecule has 23 heavy (non-hydrogen) atoms. The van der Waals surface area contributed by atoms with Crippen molar-refractivity contribution in [1.82, 2.24) is 5.32 Å². The number of sulfone groups is 1. The topological polar surface area (TPSA) is 75.3 Å². The second-order valence-electron chi connectivity index (χ2n) is 6.63. The molecule has 1 amide bonds. The maximum Gasteiger partial charge on any atom is 0.228 e. The van der Waals surface area contributed by atoms with E-state index in [0.29, 0.717) is 0 Å². The van der Waals surface area contributed by atoms with Crippen molar-refractivity contribution in [1.29, 1.82) is 0 Å². The molecule has 2 aliphatic rings. The first-order valence-electron chi connectivity index (χ1n) is 7.66. The Labute approximate surface area is 143 Å². The first-order chi connectivity index (χ1) is 10.4. The highest BCUT2D eigenvalue weighted by Gasteiger charge is 2.57. The normalized spacial score (nSPS) is 22.2. The predicted octanol–water partition coefficient (Wildman–Crippen LogP) is 1.98. The minimum Gasteiger partial charge on any atom is -0.326 e. The molecular formula is C16H23ClN2O3S. The molecule has 0 aromatic heterocycles. The lowest BCUT2D eigenvalue weighted by Gasteiger charge is -2.23. The van der Waals surface area contributed by atoms with E-state index in [2.05, 4.69) is 10.6 Å². The van der Waals surface area contributed by atoms with E-state index in [-0.39, 0.29) is 35.4 Å². The number of benzene rings is 1. The summed E-state index contributed by atoms with van der Waals surface area (Å²) >= 11 is 0. The lowest BCUT2D eigenvalue weighted by atomic mass is 9.92. The molecule has 2 N–H and O–H groups in total. The Morgan fingerprint density at radius 2 is 1.87 bits per heavy atom. The number of hydrogen-bond donors (Lipinski definition) is 2.